The van der Waals surface area contributed by atoms with Gasteiger partial charge in [-0.05, 0) is 42.7 Å². The zero-order valence-corrected chi connectivity index (χ0v) is 18.7. The summed E-state index contributed by atoms with van der Waals surface area (Å²) in [6.07, 6.45) is 14.3. The zero-order chi connectivity index (χ0) is 21.8. The van der Waals surface area contributed by atoms with Crippen LogP contribution in [0.1, 0.15) is 76.7 Å². The van der Waals surface area contributed by atoms with Crippen LogP contribution in [0.25, 0.3) is 0 Å². The third kappa shape index (κ3) is 8.76. The van der Waals surface area contributed by atoms with Crippen LogP contribution < -0.4 is 4.74 Å². The Hall–Kier alpha value is -2.05. The molecule has 0 unspecified atom stereocenters. The van der Waals surface area contributed by atoms with E-state index in [9.17, 15) is 13.5 Å². The lowest BCUT2D eigenvalue weighted by Crippen LogP contribution is -1.98. The Morgan fingerprint density at radius 3 is 1.83 bits per heavy atom. The quantitative estimate of drug-likeness (QED) is 0.250. The molecule has 2 rings (SSSR count). The number of rotatable bonds is 14. The fourth-order valence-electron chi connectivity index (χ4n) is 3.46. The normalized spacial score (nSPS) is 11.5. The van der Waals surface area contributed by atoms with E-state index in [1.54, 1.807) is 0 Å². The molecule has 5 nitrogen and oxygen atoms in total. The van der Waals surface area contributed by atoms with Crippen molar-refractivity contribution in [1.29, 1.82) is 0 Å². The summed E-state index contributed by atoms with van der Waals surface area (Å²) in [5.41, 5.74) is 1.26. The van der Waals surface area contributed by atoms with E-state index in [4.69, 9.17) is 9.29 Å². The summed E-state index contributed by atoms with van der Waals surface area (Å²) in [5, 5.41) is 9.75. The highest BCUT2D eigenvalue weighted by Crippen LogP contribution is 2.30. The van der Waals surface area contributed by atoms with Crippen LogP contribution in [0, 0.1) is 0 Å². The van der Waals surface area contributed by atoms with E-state index >= 15 is 0 Å². The van der Waals surface area contributed by atoms with E-state index in [1.807, 2.05) is 24.3 Å². The van der Waals surface area contributed by atoms with Crippen molar-refractivity contribution in [3.8, 4) is 17.2 Å². The zero-order valence-electron chi connectivity index (χ0n) is 17.8. The molecule has 0 aliphatic heterocycles. The number of hydrogen-bond donors (Lipinski definition) is 2. The SMILES string of the molecule is CCCCCCCCCCCCc1ccc(Oc2ccc(S(=O)(=O)O)c(O)c2)cc1. The molecular formula is C24H34O5S. The summed E-state index contributed by atoms with van der Waals surface area (Å²) in [7, 11) is -4.46. The smallest absolute Gasteiger partial charge is 0.298 e. The monoisotopic (exact) mass is 434 g/mol. The van der Waals surface area contributed by atoms with Gasteiger partial charge in [-0.25, -0.2) is 0 Å². The number of aromatic hydroxyl groups is 1. The van der Waals surface area contributed by atoms with Crippen molar-refractivity contribution in [2.45, 2.75) is 82.4 Å². The number of unbranched alkanes of at least 4 members (excludes halogenated alkanes) is 9. The molecule has 0 saturated heterocycles. The Kier molecular flexibility index (Phi) is 10.2. The van der Waals surface area contributed by atoms with Crippen molar-refractivity contribution in [2.24, 2.45) is 0 Å². The summed E-state index contributed by atoms with van der Waals surface area (Å²) < 4.78 is 36.9. The van der Waals surface area contributed by atoms with Gasteiger partial charge in [-0.2, -0.15) is 8.42 Å². The second-order valence-electron chi connectivity index (χ2n) is 7.78. The van der Waals surface area contributed by atoms with Gasteiger partial charge in [0.05, 0.1) is 0 Å². The molecule has 2 aromatic carbocycles. The molecule has 0 spiro atoms. The summed E-state index contributed by atoms with van der Waals surface area (Å²) in [5.74, 6) is 0.343. The Morgan fingerprint density at radius 1 is 0.767 bits per heavy atom. The molecular weight excluding hydrogens is 400 g/mol. The molecule has 2 N–H and O–H groups in total. The molecule has 0 aliphatic rings. The molecule has 6 heteroatoms. The van der Waals surface area contributed by atoms with E-state index in [2.05, 4.69) is 6.92 Å². The average molecular weight is 435 g/mol. The topological polar surface area (TPSA) is 83.8 Å². The lowest BCUT2D eigenvalue weighted by Gasteiger charge is -2.09. The van der Waals surface area contributed by atoms with Crippen LogP contribution in [-0.2, 0) is 16.5 Å². The first-order chi connectivity index (χ1) is 14.4. The van der Waals surface area contributed by atoms with Gasteiger partial charge in [-0.1, -0.05) is 76.8 Å². The van der Waals surface area contributed by atoms with E-state index in [0.29, 0.717) is 11.5 Å². The van der Waals surface area contributed by atoms with Gasteiger partial charge in [0.2, 0.25) is 0 Å². The predicted molar refractivity (Wildman–Crippen MR) is 120 cm³/mol. The van der Waals surface area contributed by atoms with Crippen molar-refractivity contribution >= 4 is 10.1 Å². The van der Waals surface area contributed by atoms with Crippen molar-refractivity contribution in [3.05, 3.63) is 48.0 Å². The molecule has 0 fully saturated rings. The largest absolute Gasteiger partial charge is 0.506 e. The minimum absolute atomic E-state index is 0.294. The minimum atomic E-state index is -4.46. The van der Waals surface area contributed by atoms with Crippen LogP contribution in [0.5, 0.6) is 17.2 Å². The maximum atomic E-state index is 11.1. The van der Waals surface area contributed by atoms with E-state index < -0.39 is 20.8 Å². The highest BCUT2D eigenvalue weighted by Gasteiger charge is 2.15. The highest BCUT2D eigenvalue weighted by molar-refractivity contribution is 7.86. The standard InChI is InChI=1S/C24H34O5S/c1-2-3-4-5-6-7-8-9-10-11-12-20-13-15-21(16-14-20)29-22-17-18-24(23(25)19-22)30(26,27)28/h13-19,25H,2-12H2,1H3,(H,26,27,28). The molecule has 0 saturated carbocycles. The van der Waals surface area contributed by atoms with Crippen LogP contribution in [0.2, 0.25) is 0 Å². The molecule has 0 amide bonds. The first-order valence-electron chi connectivity index (χ1n) is 11.0. The maximum Gasteiger partial charge on any atom is 0.298 e. The van der Waals surface area contributed by atoms with Gasteiger partial charge >= 0.3 is 0 Å². The van der Waals surface area contributed by atoms with E-state index in [-0.39, 0.29) is 0 Å². The van der Waals surface area contributed by atoms with E-state index in [0.717, 1.165) is 12.5 Å². The number of benzene rings is 2. The summed E-state index contributed by atoms with van der Waals surface area (Å²) in [4.78, 5) is -0.540. The number of phenolic OH excluding ortho intramolecular Hbond substituents is 1. The average Bonchev–Trinajstić information content (AvgIpc) is 2.70. The van der Waals surface area contributed by atoms with Crippen molar-refractivity contribution in [2.75, 3.05) is 0 Å². The lowest BCUT2D eigenvalue weighted by molar-refractivity contribution is 0.433. The Labute approximate surface area is 180 Å². The fraction of sp³-hybridized carbons (Fsp3) is 0.500. The van der Waals surface area contributed by atoms with Gasteiger partial charge in [0.25, 0.3) is 10.1 Å². The van der Waals surface area contributed by atoms with Crippen LogP contribution in [-0.4, -0.2) is 18.1 Å². The lowest BCUT2D eigenvalue weighted by atomic mass is 10.0. The predicted octanol–water partition coefficient (Wildman–Crippen LogP) is 6.89. The Morgan fingerprint density at radius 2 is 1.30 bits per heavy atom. The first kappa shape index (κ1) is 24.2. The summed E-state index contributed by atoms with van der Waals surface area (Å²) >= 11 is 0. The first-order valence-corrected chi connectivity index (χ1v) is 12.4. The van der Waals surface area contributed by atoms with Crippen LogP contribution in [0.4, 0.5) is 0 Å². The number of phenols is 1. The van der Waals surface area contributed by atoms with Gasteiger partial charge < -0.3 is 9.84 Å². The molecule has 0 aromatic heterocycles. The Balaban J connectivity index is 1.68. The van der Waals surface area contributed by atoms with Crippen LogP contribution in [0.15, 0.2) is 47.4 Å². The van der Waals surface area contributed by atoms with Crippen LogP contribution in [0.3, 0.4) is 0 Å². The number of ether oxygens (including phenoxy) is 1. The molecule has 166 valence electrons. The molecule has 2 aromatic rings. The summed E-state index contributed by atoms with van der Waals surface area (Å²) in [6.45, 7) is 2.25. The molecule has 0 atom stereocenters. The van der Waals surface area contributed by atoms with Crippen molar-refractivity contribution < 1.29 is 22.8 Å². The second kappa shape index (κ2) is 12.6. The maximum absolute atomic E-state index is 11.1. The molecule has 0 bridgehead atoms. The van der Waals surface area contributed by atoms with Crippen molar-refractivity contribution in [3.63, 3.8) is 0 Å². The van der Waals surface area contributed by atoms with Crippen LogP contribution >= 0.6 is 0 Å². The molecule has 30 heavy (non-hydrogen) atoms. The molecule has 0 heterocycles. The molecule has 0 radical (unpaired) electrons. The second-order valence-corrected chi connectivity index (χ2v) is 9.17. The van der Waals surface area contributed by atoms with Crippen molar-refractivity contribution in [1.82, 2.24) is 0 Å². The summed E-state index contributed by atoms with van der Waals surface area (Å²) in [6, 6.07) is 11.4. The van der Waals surface area contributed by atoms with Gasteiger partial charge in [0, 0.05) is 6.07 Å². The third-order valence-corrected chi connectivity index (χ3v) is 6.09. The number of aryl methyl sites for hydroxylation is 1. The van der Waals surface area contributed by atoms with Gasteiger partial charge in [-0.15, -0.1) is 0 Å². The fourth-order valence-corrected chi connectivity index (χ4v) is 4.02. The number of hydrogen-bond acceptors (Lipinski definition) is 4. The van der Waals surface area contributed by atoms with Gasteiger partial charge in [0.15, 0.2) is 0 Å². The Bertz CT molecular complexity index is 860. The van der Waals surface area contributed by atoms with E-state index in [1.165, 1.54) is 81.9 Å². The third-order valence-electron chi connectivity index (χ3n) is 5.19. The molecule has 0 aliphatic carbocycles. The highest BCUT2D eigenvalue weighted by atomic mass is 32.2. The van der Waals surface area contributed by atoms with Gasteiger partial charge in [-0.3, -0.25) is 4.55 Å². The minimum Gasteiger partial charge on any atom is -0.506 e. The van der Waals surface area contributed by atoms with Gasteiger partial charge in [0.1, 0.15) is 22.1 Å².